The minimum Gasteiger partial charge on any atom is -0.492 e. The highest BCUT2D eigenvalue weighted by Gasteiger charge is 2.25. The lowest BCUT2D eigenvalue weighted by molar-refractivity contribution is 0.0634. The molecule has 0 saturated carbocycles. The second-order valence-corrected chi connectivity index (χ2v) is 7.59. The van der Waals surface area contributed by atoms with Gasteiger partial charge in [0.2, 0.25) is 0 Å². The van der Waals surface area contributed by atoms with Gasteiger partial charge in [-0.1, -0.05) is 27.5 Å². The Morgan fingerprint density at radius 3 is 2.61 bits per heavy atom. The summed E-state index contributed by atoms with van der Waals surface area (Å²) in [6.07, 6.45) is 2.14. The molecule has 0 bridgehead atoms. The molecule has 1 N–H and O–H groups in total. The number of hydrogen-bond donors (Lipinski definition) is 1. The van der Waals surface area contributed by atoms with Crippen LogP contribution in [0.3, 0.4) is 0 Å². The molecule has 0 atom stereocenters. The number of nitrogens with one attached hydrogen (secondary N) is 1. The van der Waals surface area contributed by atoms with Crippen molar-refractivity contribution in [1.82, 2.24) is 15.1 Å². The highest BCUT2D eigenvalue weighted by atomic mass is 79.9. The molecule has 0 radical (unpaired) electrons. The van der Waals surface area contributed by atoms with Crippen molar-refractivity contribution in [2.24, 2.45) is 0 Å². The smallest absolute Gasteiger partial charge is 0.317 e. The highest BCUT2D eigenvalue weighted by molar-refractivity contribution is 9.10. The van der Waals surface area contributed by atoms with Gasteiger partial charge in [-0.15, -0.1) is 0 Å². The molecule has 1 saturated heterocycles. The van der Waals surface area contributed by atoms with E-state index in [9.17, 15) is 9.59 Å². The van der Waals surface area contributed by atoms with Gasteiger partial charge >= 0.3 is 6.03 Å². The summed E-state index contributed by atoms with van der Waals surface area (Å²) >= 11 is 9.44. The molecule has 7 nitrogen and oxygen atoms in total. The molecule has 9 heteroatoms. The van der Waals surface area contributed by atoms with E-state index in [1.807, 2.05) is 6.07 Å². The summed E-state index contributed by atoms with van der Waals surface area (Å²) in [7, 11) is 0. The highest BCUT2D eigenvalue weighted by Crippen LogP contribution is 2.27. The molecular formula is C19H21BrClN3O4. The minimum absolute atomic E-state index is 0.133. The van der Waals surface area contributed by atoms with Crippen LogP contribution in [0.4, 0.5) is 4.79 Å². The molecule has 2 aromatic rings. The zero-order chi connectivity index (χ0) is 19.9. The first-order chi connectivity index (χ1) is 13.5. The van der Waals surface area contributed by atoms with Crippen LogP contribution in [0.25, 0.3) is 0 Å². The number of furan rings is 1. The van der Waals surface area contributed by atoms with E-state index in [0.29, 0.717) is 62.3 Å². The van der Waals surface area contributed by atoms with E-state index in [4.69, 9.17) is 20.8 Å². The van der Waals surface area contributed by atoms with E-state index in [1.54, 1.807) is 34.1 Å². The molecule has 150 valence electrons. The number of ether oxygens (including phenoxy) is 1. The van der Waals surface area contributed by atoms with E-state index in [2.05, 4.69) is 21.2 Å². The number of urea groups is 1. The van der Waals surface area contributed by atoms with Crippen LogP contribution in [0.15, 0.2) is 45.5 Å². The average molecular weight is 471 g/mol. The van der Waals surface area contributed by atoms with Gasteiger partial charge in [-0.05, 0) is 36.8 Å². The third-order valence-corrected chi connectivity index (χ3v) is 5.12. The zero-order valence-electron chi connectivity index (χ0n) is 15.2. The molecular weight excluding hydrogens is 450 g/mol. The molecule has 0 unspecified atom stereocenters. The Hall–Kier alpha value is -2.19. The van der Waals surface area contributed by atoms with Gasteiger partial charge in [0.25, 0.3) is 5.91 Å². The number of hydrogen-bond acceptors (Lipinski definition) is 4. The van der Waals surface area contributed by atoms with Crippen LogP contribution in [0.2, 0.25) is 5.02 Å². The summed E-state index contributed by atoms with van der Waals surface area (Å²) in [5.74, 6) is 0.797. The van der Waals surface area contributed by atoms with Crippen LogP contribution in [0.1, 0.15) is 17.0 Å². The predicted molar refractivity (Wildman–Crippen MR) is 109 cm³/mol. The Bertz CT molecular complexity index is 808. The SMILES string of the molecule is O=C(NCCCOc1ccc(Br)cc1Cl)N1CCN(C(=O)c2ccco2)CC1. The van der Waals surface area contributed by atoms with Crippen molar-refractivity contribution < 1.29 is 18.7 Å². The number of halogens is 2. The number of carbonyl (C=O) groups excluding carboxylic acids is 2. The van der Waals surface area contributed by atoms with Crippen molar-refractivity contribution >= 4 is 39.5 Å². The summed E-state index contributed by atoms with van der Waals surface area (Å²) in [4.78, 5) is 27.9. The first-order valence-electron chi connectivity index (χ1n) is 8.98. The summed E-state index contributed by atoms with van der Waals surface area (Å²) in [6.45, 7) is 2.90. The fraction of sp³-hybridized carbons (Fsp3) is 0.368. The first kappa shape index (κ1) is 20.5. The molecule has 0 spiro atoms. The molecule has 3 amide bonds. The number of rotatable bonds is 6. The van der Waals surface area contributed by atoms with Crippen molar-refractivity contribution in [3.8, 4) is 5.75 Å². The van der Waals surface area contributed by atoms with Crippen LogP contribution in [0, 0.1) is 0 Å². The normalized spacial score (nSPS) is 14.1. The van der Waals surface area contributed by atoms with Crippen molar-refractivity contribution in [2.45, 2.75) is 6.42 Å². The van der Waals surface area contributed by atoms with Gasteiger partial charge in [0.05, 0.1) is 17.9 Å². The third kappa shape index (κ3) is 5.42. The third-order valence-electron chi connectivity index (χ3n) is 4.33. The second-order valence-electron chi connectivity index (χ2n) is 6.27. The fourth-order valence-electron chi connectivity index (χ4n) is 2.82. The maximum absolute atomic E-state index is 12.3. The van der Waals surface area contributed by atoms with Gasteiger partial charge in [0.15, 0.2) is 5.76 Å². The number of nitrogens with zero attached hydrogens (tertiary/aromatic N) is 2. The molecule has 2 heterocycles. The topological polar surface area (TPSA) is 75.0 Å². The zero-order valence-corrected chi connectivity index (χ0v) is 17.5. The quantitative estimate of drug-likeness (QED) is 0.654. The van der Waals surface area contributed by atoms with Crippen LogP contribution in [-0.4, -0.2) is 61.1 Å². The molecule has 0 aliphatic carbocycles. The van der Waals surface area contributed by atoms with Gasteiger partial charge < -0.3 is 24.3 Å². The van der Waals surface area contributed by atoms with Crippen LogP contribution in [0.5, 0.6) is 5.75 Å². The number of benzene rings is 1. The Labute approximate surface area is 176 Å². The maximum Gasteiger partial charge on any atom is 0.317 e. The number of amides is 3. The summed E-state index contributed by atoms with van der Waals surface area (Å²) < 4.78 is 11.7. The molecule has 1 aromatic carbocycles. The Balaban J connectivity index is 1.33. The van der Waals surface area contributed by atoms with Gasteiger partial charge in [-0.3, -0.25) is 4.79 Å². The predicted octanol–water partition coefficient (Wildman–Crippen LogP) is 3.63. The van der Waals surface area contributed by atoms with E-state index in [0.717, 1.165) is 4.47 Å². The van der Waals surface area contributed by atoms with Crippen molar-refractivity contribution in [1.29, 1.82) is 0 Å². The molecule has 3 rings (SSSR count). The standard InChI is InChI=1S/C19H21BrClN3O4/c20-14-4-5-16(15(21)13-14)27-12-2-6-22-19(26)24-9-7-23(8-10-24)18(25)17-3-1-11-28-17/h1,3-5,11,13H,2,6-10,12H2,(H,22,26). The molecule has 1 aliphatic heterocycles. The Morgan fingerprint density at radius 2 is 1.93 bits per heavy atom. The van der Waals surface area contributed by atoms with Crippen LogP contribution in [-0.2, 0) is 0 Å². The molecule has 28 heavy (non-hydrogen) atoms. The second kappa shape index (κ2) is 9.84. The largest absolute Gasteiger partial charge is 0.492 e. The lowest BCUT2D eigenvalue weighted by Crippen LogP contribution is -2.53. The number of carbonyl (C=O) groups is 2. The maximum atomic E-state index is 12.3. The lowest BCUT2D eigenvalue weighted by atomic mass is 10.3. The van der Waals surface area contributed by atoms with E-state index in [-0.39, 0.29) is 11.9 Å². The lowest BCUT2D eigenvalue weighted by Gasteiger charge is -2.34. The monoisotopic (exact) mass is 469 g/mol. The molecule has 1 fully saturated rings. The first-order valence-corrected chi connectivity index (χ1v) is 10.1. The summed E-state index contributed by atoms with van der Waals surface area (Å²) in [5, 5.41) is 3.42. The van der Waals surface area contributed by atoms with Gasteiger partial charge in [-0.25, -0.2) is 4.79 Å². The fourth-order valence-corrected chi connectivity index (χ4v) is 3.55. The summed E-state index contributed by atoms with van der Waals surface area (Å²) in [6, 6.07) is 8.63. The summed E-state index contributed by atoms with van der Waals surface area (Å²) in [5.41, 5.74) is 0. The van der Waals surface area contributed by atoms with Crippen LogP contribution >= 0.6 is 27.5 Å². The minimum atomic E-state index is -0.145. The van der Waals surface area contributed by atoms with E-state index < -0.39 is 0 Å². The van der Waals surface area contributed by atoms with Crippen molar-refractivity contribution in [3.05, 3.63) is 51.9 Å². The molecule has 1 aliphatic rings. The van der Waals surface area contributed by atoms with Gasteiger partial charge in [-0.2, -0.15) is 0 Å². The van der Waals surface area contributed by atoms with Crippen LogP contribution < -0.4 is 10.1 Å². The Morgan fingerprint density at radius 1 is 1.18 bits per heavy atom. The Kier molecular flexibility index (Phi) is 7.22. The average Bonchev–Trinajstić information content (AvgIpc) is 3.23. The van der Waals surface area contributed by atoms with E-state index in [1.165, 1.54) is 6.26 Å². The van der Waals surface area contributed by atoms with Gasteiger partial charge in [0.1, 0.15) is 5.75 Å². The van der Waals surface area contributed by atoms with Crippen molar-refractivity contribution in [2.75, 3.05) is 39.3 Å². The van der Waals surface area contributed by atoms with Crippen molar-refractivity contribution in [3.63, 3.8) is 0 Å². The molecule has 1 aromatic heterocycles. The number of piperazine rings is 1. The van der Waals surface area contributed by atoms with E-state index >= 15 is 0 Å². The van der Waals surface area contributed by atoms with Gasteiger partial charge in [0, 0.05) is 37.2 Å².